The molecule has 7 nitrogen and oxygen atoms in total. The number of fused-ring (bicyclic) bond motifs is 1. The van der Waals surface area contributed by atoms with Crippen LogP contribution < -0.4 is 10.5 Å². The second-order valence-electron chi connectivity index (χ2n) is 5.56. The van der Waals surface area contributed by atoms with Crippen LogP contribution in [0.5, 0.6) is 5.88 Å². The Balaban J connectivity index is 1.74. The zero-order valence-corrected chi connectivity index (χ0v) is 11.5. The van der Waals surface area contributed by atoms with Crippen LogP contribution in [0.25, 0.3) is 11.2 Å². The Hall–Kier alpha value is -1.89. The second-order valence-corrected chi connectivity index (χ2v) is 5.56. The quantitative estimate of drug-likeness (QED) is 0.892. The van der Waals surface area contributed by atoms with Crippen molar-refractivity contribution >= 4 is 17.1 Å². The van der Waals surface area contributed by atoms with Crippen LogP contribution in [0.15, 0.2) is 6.33 Å². The van der Waals surface area contributed by atoms with Crippen molar-refractivity contribution in [1.29, 1.82) is 0 Å². The van der Waals surface area contributed by atoms with E-state index in [1.165, 1.54) is 19.2 Å². The van der Waals surface area contributed by atoms with Gasteiger partial charge in [0.15, 0.2) is 11.2 Å². The van der Waals surface area contributed by atoms with Crippen LogP contribution in [0.1, 0.15) is 25.3 Å². The highest BCUT2D eigenvalue weighted by molar-refractivity contribution is 5.79. The van der Waals surface area contributed by atoms with Crippen molar-refractivity contribution in [2.24, 2.45) is 0 Å². The molecule has 0 amide bonds. The third kappa shape index (κ3) is 1.73. The monoisotopic (exact) mass is 274 g/mol. The zero-order chi connectivity index (χ0) is 13.7. The van der Waals surface area contributed by atoms with Crippen molar-refractivity contribution in [1.82, 2.24) is 24.4 Å². The molecule has 20 heavy (non-hydrogen) atoms. The van der Waals surface area contributed by atoms with Gasteiger partial charge in [0.2, 0.25) is 11.8 Å². The van der Waals surface area contributed by atoms with Crippen LogP contribution in [-0.4, -0.2) is 50.7 Å². The minimum Gasteiger partial charge on any atom is -0.479 e. The number of nitrogens with two attached hydrogens (primary N) is 1. The fourth-order valence-corrected chi connectivity index (χ4v) is 3.16. The summed E-state index contributed by atoms with van der Waals surface area (Å²) in [6.07, 6.45) is 5.27. The lowest BCUT2D eigenvalue weighted by atomic mass is 10.2. The van der Waals surface area contributed by atoms with E-state index in [1.807, 2.05) is 4.57 Å². The van der Waals surface area contributed by atoms with Gasteiger partial charge in [-0.2, -0.15) is 4.98 Å². The van der Waals surface area contributed by atoms with E-state index in [1.54, 1.807) is 7.11 Å². The van der Waals surface area contributed by atoms with E-state index in [0.717, 1.165) is 31.2 Å². The molecular weight excluding hydrogens is 256 g/mol. The van der Waals surface area contributed by atoms with Gasteiger partial charge < -0.3 is 10.5 Å². The maximum absolute atomic E-state index is 6.10. The van der Waals surface area contributed by atoms with Crippen molar-refractivity contribution in [3.05, 3.63) is 6.33 Å². The lowest BCUT2D eigenvalue weighted by Gasteiger charge is -2.16. The standard InChI is InChI=1S/C13H18N6O/c1-20-12-10-11(15-7-16-12)19(13(14)17-10)9-4-5-18(6-9)8-2-3-8/h7-9H,2-6H2,1H3,(H2,14,17). The molecule has 2 fully saturated rings. The van der Waals surface area contributed by atoms with Gasteiger partial charge in [0.05, 0.1) is 13.2 Å². The predicted octanol–water partition coefficient (Wildman–Crippen LogP) is 0.826. The van der Waals surface area contributed by atoms with Gasteiger partial charge in [0, 0.05) is 19.1 Å². The summed E-state index contributed by atoms with van der Waals surface area (Å²) >= 11 is 0. The molecule has 1 saturated carbocycles. The molecule has 2 aliphatic rings. The summed E-state index contributed by atoms with van der Waals surface area (Å²) in [5.74, 6) is 0.985. The number of methoxy groups -OCH3 is 1. The average Bonchev–Trinajstić information content (AvgIpc) is 3.09. The van der Waals surface area contributed by atoms with Gasteiger partial charge in [0.1, 0.15) is 6.33 Å². The van der Waals surface area contributed by atoms with Gasteiger partial charge in [-0.05, 0) is 19.3 Å². The summed E-state index contributed by atoms with van der Waals surface area (Å²) in [5, 5.41) is 0. The number of hydrogen-bond acceptors (Lipinski definition) is 6. The third-order valence-electron chi connectivity index (χ3n) is 4.29. The predicted molar refractivity (Wildman–Crippen MR) is 74.5 cm³/mol. The summed E-state index contributed by atoms with van der Waals surface area (Å²) in [6.45, 7) is 2.17. The molecule has 0 bridgehead atoms. The molecule has 106 valence electrons. The number of anilines is 1. The molecular formula is C13H18N6O. The molecule has 3 heterocycles. The zero-order valence-electron chi connectivity index (χ0n) is 11.5. The molecule has 0 aromatic carbocycles. The molecule has 1 unspecified atom stereocenters. The van der Waals surface area contributed by atoms with Gasteiger partial charge >= 0.3 is 0 Å². The van der Waals surface area contributed by atoms with Gasteiger partial charge in [-0.15, -0.1) is 0 Å². The Morgan fingerprint density at radius 2 is 2.10 bits per heavy atom. The lowest BCUT2D eigenvalue weighted by molar-refractivity contribution is 0.315. The van der Waals surface area contributed by atoms with E-state index in [9.17, 15) is 0 Å². The minimum atomic E-state index is 0.347. The third-order valence-corrected chi connectivity index (χ3v) is 4.29. The van der Waals surface area contributed by atoms with Crippen LogP contribution in [0.2, 0.25) is 0 Å². The normalized spacial score (nSPS) is 23.6. The highest BCUT2D eigenvalue weighted by Crippen LogP contribution is 2.36. The van der Waals surface area contributed by atoms with Crippen molar-refractivity contribution < 1.29 is 4.74 Å². The number of imidazole rings is 1. The molecule has 2 aromatic heterocycles. The van der Waals surface area contributed by atoms with E-state index in [-0.39, 0.29) is 0 Å². The number of nitrogen functional groups attached to an aromatic ring is 1. The summed E-state index contributed by atoms with van der Waals surface area (Å²) in [4.78, 5) is 15.4. The Labute approximate surface area is 116 Å². The number of hydrogen-bond donors (Lipinski definition) is 1. The van der Waals surface area contributed by atoms with Crippen LogP contribution in [0.4, 0.5) is 5.95 Å². The Bertz CT molecular complexity index is 650. The molecule has 0 spiro atoms. The number of aromatic nitrogens is 4. The Morgan fingerprint density at radius 1 is 1.25 bits per heavy atom. The van der Waals surface area contributed by atoms with E-state index in [0.29, 0.717) is 23.4 Å². The smallest absolute Gasteiger partial charge is 0.245 e. The van der Waals surface area contributed by atoms with Crippen LogP contribution in [0.3, 0.4) is 0 Å². The summed E-state index contributed by atoms with van der Waals surface area (Å²) in [5.41, 5.74) is 7.53. The van der Waals surface area contributed by atoms with Gasteiger partial charge in [-0.3, -0.25) is 9.47 Å². The van der Waals surface area contributed by atoms with Crippen LogP contribution in [-0.2, 0) is 0 Å². The number of likely N-dealkylation sites (tertiary alicyclic amines) is 1. The molecule has 1 aliphatic heterocycles. The molecule has 7 heteroatoms. The van der Waals surface area contributed by atoms with Crippen molar-refractivity contribution in [3.8, 4) is 5.88 Å². The molecule has 2 aromatic rings. The molecule has 1 saturated heterocycles. The van der Waals surface area contributed by atoms with E-state index in [2.05, 4.69) is 19.9 Å². The van der Waals surface area contributed by atoms with Gasteiger partial charge in [-0.1, -0.05) is 0 Å². The van der Waals surface area contributed by atoms with Crippen LogP contribution in [0, 0.1) is 0 Å². The topological polar surface area (TPSA) is 82.1 Å². The van der Waals surface area contributed by atoms with Gasteiger partial charge in [-0.25, -0.2) is 9.97 Å². The van der Waals surface area contributed by atoms with Crippen molar-refractivity contribution in [2.75, 3.05) is 25.9 Å². The lowest BCUT2D eigenvalue weighted by Crippen LogP contribution is -2.24. The van der Waals surface area contributed by atoms with Gasteiger partial charge in [0.25, 0.3) is 0 Å². The minimum absolute atomic E-state index is 0.347. The average molecular weight is 274 g/mol. The van der Waals surface area contributed by atoms with E-state index >= 15 is 0 Å². The number of rotatable bonds is 3. The first kappa shape index (κ1) is 11.9. The molecule has 4 rings (SSSR count). The van der Waals surface area contributed by atoms with Crippen molar-refractivity contribution in [2.45, 2.75) is 31.3 Å². The SMILES string of the molecule is COc1ncnc2c1nc(N)n2C1CCN(C2CC2)C1. The van der Waals surface area contributed by atoms with E-state index in [4.69, 9.17) is 10.5 Å². The first-order valence-corrected chi connectivity index (χ1v) is 7.04. The maximum Gasteiger partial charge on any atom is 0.245 e. The summed E-state index contributed by atoms with van der Waals surface area (Å²) in [7, 11) is 1.58. The molecule has 0 radical (unpaired) electrons. The summed E-state index contributed by atoms with van der Waals surface area (Å²) in [6, 6.07) is 1.14. The summed E-state index contributed by atoms with van der Waals surface area (Å²) < 4.78 is 7.28. The number of ether oxygens (including phenoxy) is 1. The highest BCUT2D eigenvalue weighted by Gasteiger charge is 2.36. The highest BCUT2D eigenvalue weighted by atomic mass is 16.5. The first-order valence-electron chi connectivity index (χ1n) is 7.04. The Morgan fingerprint density at radius 3 is 2.85 bits per heavy atom. The van der Waals surface area contributed by atoms with E-state index < -0.39 is 0 Å². The fourth-order valence-electron chi connectivity index (χ4n) is 3.16. The first-order chi connectivity index (χ1) is 9.78. The van der Waals surface area contributed by atoms with Crippen LogP contribution >= 0.6 is 0 Å². The Kier molecular flexibility index (Phi) is 2.56. The second kappa shape index (κ2) is 4.31. The molecule has 2 N–H and O–H groups in total. The maximum atomic E-state index is 6.10. The largest absolute Gasteiger partial charge is 0.479 e. The number of nitrogens with zero attached hydrogens (tertiary/aromatic N) is 5. The van der Waals surface area contributed by atoms with Crippen molar-refractivity contribution in [3.63, 3.8) is 0 Å². The molecule has 1 atom stereocenters. The fraction of sp³-hybridized carbons (Fsp3) is 0.615. The molecule has 1 aliphatic carbocycles.